The summed E-state index contributed by atoms with van der Waals surface area (Å²) in [7, 11) is -0.754. The van der Waals surface area contributed by atoms with Gasteiger partial charge in [-0.3, -0.25) is 0 Å². The van der Waals surface area contributed by atoms with Gasteiger partial charge in [0.1, 0.15) is 0 Å². The third kappa shape index (κ3) is 2.54. The predicted molar refractivity (Wildman–Crippen MR) is 98.3 cm³/mol. The normalized spacial score (nSPS) is 27.0. The highest BCUT2D eigenvalue weighted by Gasteiger charge is 2.41. The average Bonchev–Trinajstić information content (AvgIpc) is 2.88. The Morgan fingerprint density at radius 1 is 1.10 bits per heavy atom. The van der Waals surface area contributed by atoms with E-state index in [1.54, 1.807) is 21.9 Å². The SMILES string of the molecule is CC1=CC(C)(C2=CCC([SiH](C)C)=C2C(C)(C)C)C(C)=C1C. The average molecular weight is 301 g/mol. The molecular formula is C20H32Si. The van der Waals surface area contributed by atoms with Gasteiger partial charge >= 0.3 is 0 Å². The van der Waals surface area contributed by atoms with Crippen molar-refractivity contribution in [3.8, 4) is 0 Å². The largest absolute Gasteiger partial charge is 0.0770 e. The van der Waals surface area contributed by atoms with Crippen molar-refractivity contribution < 1.29 is 0 Å². The highest BCUT2D eigenvalue weighted by molar-refractivity contribution is 6.64. The van der Waals surface area contributed by atoms with Gasteiger partial charge in [0.2, 0.25) is 0 Å². The van der Waals surface area contributed by atoms with Gasteiger partial charge in [0.15, 0.2) is 0 Å². The van der Waals surface area contributed by atoms with Gasteiger partial charge in [-0.25, -0.2) is 0 Å². The minimum Gasteiger partial charge on any atom is -0.0770 e. The minimum atomic E-state index is -0.754. The second kappa shape index (κ2) is 5.12. The van der Waals surface area contributed by atoms with Crippen LogP contribution in [0.4, 0.5) is 0 Å². The van der Waals surface area contributed by atoms with E-state index in [1.807, 2.05) is 0 Å². The summed E-state index contributed by atoms with van der Waals surface area (Å²) in [6.07, 6.45) is 6.23. The first kappa shape index (κ1) is 16.5. The molecule has 116 valence electrons. The molecule has 0 amide bonds. The summed E-state index contributed by atoms with van der Waals surface area (Å²) in [5, 5.41) is 1.78. The van der Waals surface area contributed by atoms with Crippen molar-refractivity contribution in [2.45, 2.75) is 68.0 Å². The topological polar surface area (TPSA) is 0 Å². The third-order valence-corrected chi connectivity index (χ3v) is 7.48. The zero-order chi connectivity index (χ0) is 16.2. The van der Waals surface area contributed by atoms with Crippen molar-refractivity contribution in [3.05, 3.63) is 45.2 Å². The fourth-order valence-electron chi connectivity index (χ4n) is 4.09. The van der Waals surface area contributed by atoms with Crippen molar-refractivity contribution in [2.75, 3.05) is 0 Å². The number of hydrogen-bond donors (Lipinski definition) is 0. The zero-order valence-electron chi connectivity index (χ0n) is 15.4. The van der Waals surface area contributed by atoms with Crippen molar-refractivity contribution >= 4 is 8.80 Å². The van der Waals surface area contributed by atoms with Gasteiger partial charge in [0.25, 0.3) is 0 Å². The van der Waals surface area contributed by atoms with E-state index in [-0.39, 0.29) is 10.8 Å². The summed E-state index contributed by atoms with van der Waals surface area (Å²) in [6, 6.07) is 0. The molecule has 0 spiro atoms. The molecule has 1 atom stereocenters. The van der Waals surface area contributed by atoms with Crippen LogP contribution in [0.1, 0.15) is 54.9 Å². The van der Waals surface area contributed by atoms with E-state index in [1.165, 1.54) is 17.6 Å². The van der Waals surface area contributed by atoms with Crippen LogP contribution in [0, 0.1) is 10.8 Å². The number of allylic oxidation sites excluding steroid dienone is 8. The maximum Gasteiger partial charge on any atom is 0.0603 e. The summed E-state index contributed by atoms with van der Waals surface area (Å²) in [4.78, 5) is 0. The van der Waals surface area contributed by atoms with Crippen LogP contribution in [0.15, 0.2) is 45.2 Å². The van der Waals surface area contributed by atoms with E-state index in [4.69, 9.17) is 0 Å². The monoisotopic (exact) mass is 300 g/mol. The molecule has 1 unspecified atom stereocenters. The first-order chi connectivity index (χ1) is 9.50. The zero-order valence-corrected chi connectivity index (χ0v) is 16.6. The van der Waals surface area contributed by atoms with E-state index in [0.717, 1.165) is 0 Å². The van der Waals surface area contributed by atoms with Crippen LogP contribution >= 0.6 is 0 Å². The smallest absolute Gasteiger partial charge is 0.0603 e. The van der Waals surface area contributed by atoms with Crippen LogP contribution in [0.2, 0.25) is 13.1 Å². The summed E-state index contributed by atoms with van der Waals surface area (Å²) >= 11 is 0. The molecule has 0 saturated heterocycles. The van der Waals surface area contributed by atoms with Gasteiger partial charge in [0, 0.05) is 5.41 Å². The van der Waals surface area contributed by atoms with Crippen LogP contribution in [0.5, 0.6) is 0 Å². The Morgan fingerprint density at radius 3 is 2.05 bits per heavy atom. The van der Waals surface area contributed by atoms with Gasteiger partial charge in [-0.05, 0) is 56.3 Å². The highest BCUT2D eigenvalue weighted by Crippen LogP contribution is 2.54. The van der Waals surface area contributed by atoms with Crippen LogP contribution < -0.4 is 0 Å². The maximum absolute atomic E-state index is 2.54. The molecule has 0 aromatic heterocycles. The van der Waals surface area contributed by atoms with E-state index >= 15 is 0 Å². The summed E-state index contributed by atoms with van der Waals surface area (Å²) in [5.74, 6) is 0. The van der Waals surface area contributed by atoms with Crippen LogP contribution in [-0.2, 0) is 0 Å². The second-order valence-electron chi connectivity index (χ2n) is 8.41. The Labute approximate surface area is 133 Å². The molecule has 0 nitrogen and oxygen atoms in total. The Morgan fingerprint density at radius 2 is 1.67 bits per heavy atom. The summed E-state index contributed by atoms with van der Waals surface area (Å²) in [6.45, 7) is 21.4. The first-order valence-electron chi connectivity index (χ1n) is 8.32. The van der Waals surface area contributed by atoms with Crippen molar-refractivity contribution in [1.82, 2.24) is 0 Å². The molecular weight excluding hydrogens is 268 g/mol. The van der Waals surface area contributed by atoms with E-state index < -0.39 is 8.80 Å². The van der Waals surface area contributed by atoms with Crippen molar-refractivity contribution in [2.24, 2.45) is 10.8 Å². The molecule has 0 radical (unpaired) electrons. The van der Waals surface area contributed by atoms with Gasteiger partial charge in [-0.1, -0.05) is 62.4 Å². The Balaban J connectivity index is 2.61. The molecule has 0 aromatic carbocycles. The summed E-state index contributed by atoms with van der Waals surface area (Å²) in [5.41, 5.74) is 8.11. The van der Waals surface area contributed by atoms with Gasteiger partial charge in [0.05, 0.1) is 8.80 Å². The number of hydrogen-bond acceptors (Lipinski definition) is 0. The molecule has 0 aromatic rings. The Bertz CT molecular complexity index is 588. The molecule has 2 rings (SSSR count). The first-order valence-corrected chi connectivity index (χ1v) is 11.2. The van der Waals surface area contributed by atoms with Gasteiger partial charge in [-0.2, -0.15) is 0 Å². The lowest BCUT2D eigenvalue weighted by molar-refractivity contribution is 0.483. The van der Waals surface area contributed by atoms with Crippen LogP contribution in [0.25, 0.3) is 0 Å². The molecule has 0 aliphatic heterocycles. The number of rotatable bonds is 2. The quantitative estimate of drug-likeness (QED) is 0.550. The van der Waals surface area contributed by atoms with Crippen molar-refractivity contribution in [3.63, 3.8) is 0 Å². The van der Waals surface area contributed by atoms with E-state index in [0.29, 0.717) is 0 Å². The third-order valence-electron chi connectivity index (χ3n) is 5.56. The van der Waals surface area contributed by atoms with E-state index in [2.05, 4.69) is 73.7 Å². The van der Waals surface area contributed by atoms with Crippen molar-refractivity contribution in [1.29, 1.82) is 0 Å². The van der Waals surface area contributed by atoms with Gasteiger partial charge < -0.3 is 0 Å². The molecule has 0 saturated carbocycles. The molecule has 0 heterocycles. The Kier molecular flexibility index (Phi) is 4.03. The summed E-state index contributed by atoms with van der Waals surface area (Å²) < 4.78 is 0. The molecule has 0 fully saturated rings. The fourth-order valence-corrected chi connectivity index (χ4v) is 5.84. The van der Waals surface area contributed by atoms with Gasteiger partial charge in [-0.15, -0.1) is 0 Å². The standard InChI is InChI=1S/C20H32Si/c1-13-12-20(7,15(3)14(13)2)16-10-11-17(21(8)9)18(16)19(4,5)6/h10,12,21H,11H2,1-9H3. The molecule has 21 heavy (non-hydrogen) atoms. The minimum absolute atomic E-state index is 0.113. The van der Waals surface area contributed by atoms with E-state index in [9.17, 15) is 0 Å². The molecule has 1 heteroatoms. The molecule has 0 N–H and O–H groups in total. The molecule has 2 aliphatic carbocycles. The second-order valence-corrected chi connectivity index (χ2v) is 11.4. The lowest BCUT2D eigenvalue weighted by Crippen LogP contribution is -2.24. The Hall–Kier alpha value is -0.823. The van der Waals surface area contributed by atoms with Crippen LogP contribution in [-0.4, -0.2) is 8.80 Å². The molecule has 0 bridgehead atoms. The highest BCUT2D eigenvalue weighted by atomic mass is 28.3. The maximum atomic E-state index is 2.54. The lowest BCUT2D eigenvalue weighted by Gasteiger charge is -2.35. The lowest BCUT2D eigenvalue weighted by atomic mass is 9.70. The fraction of sp³-hybridized carbons (Fsp3) is 0.600. The predicted octanol–water partition coefficient (Wildman–Crippen LogP) is 5.99. The molecule has 2 aliphatic rings. The van der Waals surface area contributed by atoms with Crippen LogP contribution in [0.3, 0.4) is 0 Å².